The average Bonchev–Trinajstić information content (AvgIpc) is 2.96. The molecule has 0 atom stereocenters. The van der Waals surface area contributed by atoms with Crippen molar-refractivity contribution >= 4 is 17.3 Å². The molecule has 3 rings (SSSR count). The van der Waals surface area contributed by atoms with E-state index in [0.717, 1.165) is 5.56 Å². The third-order valence-electron chi connectivity index (χ3n) is 2.95. The fourth-order valence-corrected chi connectivity index (χ4v) is 2.79. The van der Waals surface area contributed by atoms with Gasteiger partial charge in [0.05, 0.1) is 5.69 Å². The fraction of sp³-hybridized carbons (Fsp3) is 0.125. The van der Waals surface area contributed by atoms with E-state index in [4.69, 9.17) is 4.74 Å². The highest BCUT2D eigenvalue weighted by Crippen LogP contribution is 2.25. The average molecular weight is 311 g/mol. The molecule has 0 spiro atoms. The van der Waals surface area contributed by atoms with Gasteiger partial charge in [-0.3, -0.25) is 0 Å². The van der Waals surface area contributed by atoms with Crippen molar-refractivity contribution in [2.45, 2.75) is 13.5 Å². The molecule has 0 unspecified atom stereocenters. The highest BCUT2D eigenvalue weighted by molar-refractivity contribution is 7.16. The van der Waals surface area contributed by atoms with Gasteiger partial charge in [0.15, 0.2) is 10.8 Å². The zero-order valence-corrected chi connectivity index (χ0v) is 12.7. The van der Waals surface area contributed by atoms with Crippen molar-refractivity contribution in [2.24, 2.45) is 0 Å². The number of nitrogens with zero attached hydrogens (tertiary/aromatic N) is 3. The van der Waals surface area contributed by atoms with Crippen LogP contribution >= 0.6 is 11.3 Å². The minimum atomic E-state index is -0.374. The van der Waals surface area contributed by atoms with Crippen molar-refractivity contribution in [3.63, 3.8) is 0 Å². The summed E-state index contributed by atoms with van der Waals surface area (Å²) in [6.07, 6.45) is 3.29. The predicted molar refractivity (Wildman–Crippen MR) is 83.4 cm³/mol. The summed E-state index contributed by atoms with van der Waals surface area (Å²) in [6, 6.07) is 11.3. The second kappa shape index (κ2) is 6.44. The Labute approximate surface area is 131 Å². The molecular formula is C16H13N3O2S. The van der Waals surface area contributed by atoms with Crippen LogP contribution in [-0.2, 0) is 11.3 Å². The zero-order valence-electron chi connectivity index (χ0n) is 11.9. The molecule has 2 aromatic heterocycles. The Balaban J connectivity index is 1.74. The van der Waals surface area contributed by atoms with Gasteiger partial charge in [0, 0.05) is 12.4 Å². The van der Waals surface area contributed by atoms with Crippen LogP contribution in [0.3, 0.4) is 0 Å². The number of hydrogen-bond acceptors (Lipinski definition) is 6. The second-order valence-corrected chi connectivity index (χ2v) is 5.57. The minimum Gasteiger partial charge on any atom is -0.457 e. The van der Waals surface area contributed by atoms with E-state index < -0.39 is 0 Å². The van der Waals surface area contributed by atoms with Gasteiger partial charge in [0.25, 0.3) is 0 Å². The minimum absolute atomic E-state index is 0.244. The van der Waals surface area contributed by atoms with Gasteiger partial charge >= 0.3 is 5.97 Å². The number of ether oxygens (including phenoxy) is 1. The molecule has 5 nitrogen and oxygen atoms in total. The smallest absolute Gasteiger partial charge is 0.350 e. The van der Waals surface area contributed by atoms with Crippen molar-refractivity contribution in [1.82, 2.24) is 15.0 Å². The number of aryl methyl sites for hydroxylation is 1. The molecule has 0 aliphatic rings. The van der Waals surface area contributed by atoms with Crippen LogP contribution in [0.15, 0.2) is 48.8 Å². The van der Waals surface area contributed by atoms with Gasteiger partial charge in [-0.2, -0.15) is 0 Å². The monoisotopic (exact) mass is 311 g/mol. The van der Waals surface area contributed by atoms with Gasteiger partial charge in [-0.15, -0.1) is 11.3 Å². The number of esters is 1. The quantitative estimate of drug-likeness (QED) is 0.692. The third kappa shape index (κ3) is 3.17. The summed E-state index contributed by atoms with van der Waals surface area (Å²) in [7, 11) is 0. The van der Waals surface area contributed by atoms with Gasteiger partial charge in [-0.05, 0) is 18.6 Å². The SMILES string of the molecule is Cc1nc(-c2ncccn2)sc1C(=O)OCc1ccccc1. The Morgan fingerprint density at radius 3 is 2.59 bits per heavy atom. The van der Waals surface area contributed by atoms with E-state index in [-0.39, 0.29) is 12.6 Å². The number of thiazole rings is 1. The molecule has 0 aliphatic carbocycles. The maximum absolute atomic E-state index is 12.2. The lowest BCUT2D eigenvalue weighted by Gasteiger charge is -2.03. The van der Waals surface area contributed by atoms with E-state index in [1.165, 1.54) is 11.3 Å². The van der Waals surface area contributed by atoms with Gasteiger partial charge in [-0.1, -0.05) is 30.3 Å². The standard InChI is InChI=1S/C16H13N3O2S/c1-11-13(16(20)21-10-12-6-3-2-4-7-12)22-15(19-11)14-17-8-5-9-18-14/h2-9H,10H2,1H3. The maximum atomic E-state index is 12.2. The van der Waals surface area contributed by atoms with Crippen LogP contribution in [0.2, 0.25) is 0 Å². The Morgan fingerprint density at radius 2 is 1.86 bits per heavy atom. The molecular weight excluding hydrogens is 298 g/mol. The van der Waals surface area contributed by atoms with Crippen molar-refractivity contribution in [2.75, 3.05) is 0 Å². The maximum Gasteiger partial charge on any atom is 0.350 e. The first-order valence-electron chi connectivity index (χ1n) is 6.70. The summed E-state index contributed by atoms with van der Waals surface area (Å²) in [6.45, 7) is 2.02. The van der Waals surface area contributed by atoms with Crippen molar-refractivity contribution in [1.29, 1.82) is 0 Å². The van der Waals surface area contributed by atoms with Gasteiger partial charge in [0.2, 0.25) is 0 Å². The summed E-state index contributed by atoms with van der Waals surface area (Å²) < 4.78 is 5.33. The largest absolute Gasteiger partial charge is 0.457 e. The summed E-state index contributed by atoms with van der Waals surface area (Å²) in [5, 5.41) is 0.616. The molecule has 0 bridgehead atoms. The van der Waals surface area contributed by atoms with Gasteiger partial charge in [0.1, 0.15) is 11.5 Å². The summed E-state index contributed by atoms with van der Waals surface area (Å²) in [4.78, 5) is 25.3. The lowest BCUT2D eigenvalue weighted by atomic mass is 10.2. The number of carbonyl (C=O) groups is 1. The molecule has 0 amide bonds. The highest BCUT2D eigenvalue weighted by Gasteiger charge is 2.18. The molecule has 1 aromatic carbocycles. The van der Waals surface area contributed by atoms with Gasteiger partial charge < -0.3 is 4.74 Å². The van der Waals surface area contributed by atoms with Crippen LogP contribution in [-0.4, -0.2) is 20.9 Å². The summed E-state index contributed by atoms with van der Waals surface area (Å²) in [5.74, 6) is 0.138. The predicted octanol–water partition coefficient (Wildman–Crippen LogP) is 3.27. The van der Waals surface area contributed by atoms with Crippen LogP contribution in [0.4, 0.5) is 0 Å². The zero-order chi connectivity index (χ0) is 15.4. The third-order valence-corrected chi connectivity index (χ3v) is 4.09. The molecule has 2 heterocycles. The van der Waals surface area contributed by atoms with Crippen LogP contribution in [0.1, 0.15) is 20.9 Å². The van der Waals surface area contributed by atoms with E-state index >= 15 is 0 Å². The number of carbonyl (C=O) groups excluding carboxylic acids is 1. The molecule has 110 valence electrons. The molecule has 22 heavy (non-hydrogen) atoms. The van der Waals surface area contributed by atoms with Crippen LogP contribution in [0.25, 0.3) is 10.8 Å². The Bertz CT molecular complexity index is 773. The summed E-state index contributed by atoms with van der Waals surface area (Å²) in [5.41, 5.74) is 1.58. The van der Waals surface area contributed by atoms with Crippen LogP contribution in [0, 0.1) is 6.92 Å². The Morgan fingerprint density at radius 1 is 1.14 bits per heavy atom. The molecule has 6 heteroatoms. The number of benzene rings is 1. The normalized spacial score (nSPS) is 10.4. The molecule has 0 fully saturated rings. The molecule has 0 saturated heterocycles. The molecule has 0 saturated carbocycles. The lowest BCUT2D eigenvalue weighted by Crippen LogP contribution is -2.04. The van der Waals surface area contributed by atoms with E-state index in [1.54, 1.807) is 25.4 Å². The topological polar surface area (TPSA) is 65.0 Å². The first-order valence-corrected chi connectivity index (χ1v) is 7.51. The molecule has 3 aromatic rings. The van der Waals surface area contributed by atoms with Crippen molar-refractivity contribution in [3.05, 3.63) is 64.9 Å². The second-order valence-electron chi connectivity index (χ2n) is 4.57. The van der Waals surface area contributed by atoms with Crippen LogP contribution in [0.5, 0.6) is 0 Å². The van der Waals surface area contributed by atoms with E-state index in [2.05, 4.69) is 15.0 Å². The van der Waals surface area contributed by atoms with Crippen LogP contribution < -0.4 is 0 Å². The van der Waals surface area contributed by atoms with Crippen molar-refractivity contribution in [3.8, 4) is 10.8 Å². The van der Waals surface area contributed by atoms with E-state index in [0.29, 0.717) is 21.4 Å². The summed E-state index contributed by atoms with van der Waals surface area (Å²) >= 11 is 1.25. The highest BCUT2D eigenvalue weighted by atomic mass is 32.1. The van der Waals surface area contributed by atoms with E-state index in [1.807, 2.05) is 30.3 Å². The Kier molecular flexibility index (Phi) is 4.20. The molecule has 0 radical (unpaired) electrons. The lowest BCUT2D eigenvalue weighted by molar-refractivity contribution is 0.0477. The Hall–Kier alpha value is -2.60. The van der Waals surface area contributed by atoms with Gasteiger partial charge in [-0.25, -0.2) is 19.7 Å². The first-order chi connectivity index (χ1) is 10.7. The first kappa shape index (κ1) is 14.3. The fourth-order valence-electron chi connectivity index (χ4n) is 1.88. The molecule has 0 N–H and O–H groups in total. The molecule has 0 aliphatic heterocycles. The number of aromatic nitrogens is 3. The number of hydrogen-bond donors (Lipinski definition) is 0. The van der Waals surface area contributed by atoms with E-state index in [9.17, 15) is 4.79 Å². The van der Waals surface area contributed by atoms with Crippen molar-refractivity contribution < 1.29 is 9.53 Å². The number of rotatable bonds is 4.